The molecule has 3 nitrogen and oxygen atoms in total. The molecule has 12 heavy (non-hydrogen) atoms. The van der Waals surface area contributed by atoms with E-state index < -0.39 is 9.28 Å². The van der Waals surface area contributed by atoms with Crippen molar-refractivity contribution in [2.75, 3.05) is 20.8 Å². The summed E-state index contributed by atoms with van der Waals surface area (Å²) in [5.74, 6) is 0. The first-order valence-corrected chi connectivity index (χ1v) is 6.30. The van der Waals surface area contributed by atoms with Gasteiger partial charge in [-0.3, -0.25) is 0 Å². The van der Waals surface area contributed by atoms with Crippen LogP contribution < -0.4 is 0 Å². The quantitative estimate of drug-likeness (QED) is 0.342. The smallest absolute Gasteiger partial charge is 0.320 e. The van der Waals surface area contributed by atoms with Gasteiger partial charge >= 0.3 is 9.28 Å². The molecular formula is C8H18O3Si. The number of epoxide rings is 1. The van der Waals surface area contributed by atoms with Crippen LogP contribution in [-0.2, 0) is 13.6 Å². The van der Waals surface area contributed by atoms with Gasteiger partial charge in [0.25, 0.3) is 0 Å². The lowest BCUT2D eigenvalue weighted by Crippen LogP contribution is -2.18. The second-order valence-electron chi connectivity index (χ2n) is 3.14. The van der Waals surface area contributed by atoms with Gasteiger partial charge < -0.3 is 13.6 Å². The molecule has 1 aliphatic heterocycles. The monoisotopic (exact) mass is 190 g/mol. The van der Waals surface area contributed by atoms with E-state index in [4.69, 9.17) is 13.6 Å². The number of hydrogen-bond acceptors (Lipinski definition) is 3. The van der Waals surface area contributed by atoms with Crippen LogP contribution in [0.25, 0.3) is 0 Å². The Morgan fingerprint density at radius 1 is 1.33 bits per heavy atom. The van der Waals surface area contributed by atoms with Gasteiger partial charge in [-0.15, -0.1) is 0 Å². The van der Waals surface area contributed by atoms with Crippen LogP contribution >= 0.6 is 0 Å². The molecule has 72 valence electrons. The van der Waals surface area contributed by atoms with Crippen molar-refractivity contribution in [1.29, 1.82) is 0 Å². The van der Waals surface area contributed by atoms with Crippen molar-refractivity contribution in [3.63, 3.8) is 0 Å². The summed E-state index contributed by atoms with van der Waals surface area (Å²) in [6, 6.07) is 1.12. The lowest BCUT2D eigenvalue weighted by Gasteiger charge is -2.09. The highest BCUT2D eigenvalue weighted by Gasteiger charge is 2.21. The van der Waals surface area contributed by atoms with Crippen LogP contribution in [0.2, 0.25) is 6.04 Å². The third-order valence-electron chi connectivity index (χ3n) is 2.14. The van der Waals surface area contributed by atoms with Crippen molar-refractivity contribution in [3.8, 4) is 0 Å². The summed E-state index contributed by atoms with van der Waals surface area (Å²) in [6.45, 7) is 0.982. The Bertz CT molecular complexity index is 113. The van der Waals surface area contributed by atoms with Crippen LogP contribution in [0.15, 0.2) is 0 Å². The normalized spacial score (nSPS) is 21.8. The fourth-order valence-electron chi connectivity index (χ4n) is 1.25. The minimum absolute atomic E-state index is 0.579. The van der Waals surface area contributed by atoms with E-state index in [1.54, 1.807) is 14.2 Å². The van der Waals surface area contributed by atoms with Crippen molar-refractivity contribution in [1.82, 2.24) is 0 Å². The van der Waals surface area contributed by atoms with E-state index >= 15 is 0 Å². The lowest BCUT2D eigenvalue weighted by atomic mass is 10.2. The first-order valence-electron chi connectivity index (χ1n) is 4.54. The minimum atomic E-state index is -1.28. The molecule has 1 heterocycles. The van der Waals surface area contributed by atoms with Crippen LogP contribution in [0.4, 0.5) is 0 Å². The van der Waals surface area contributed by atoms with E-state index in [1.165, 1.54) is 19.3 Å². The second kappa shape index (κ2) is 5.69. The second-order valence-corrected chi connectivity index (χ2v) is 5.52. The highest BCUT2D eigenvalue weighted by atomic mass is 28.3. The molecule has 0 aromatic rings. The van der Waals surface area contributed by atoms with Gasteiger partial charge in [0, 0.05) is 14.2 Å². The van der Waals surface area contributed by atoms with Gasteiger partial charge in [0.05, 0.1) is 12.7 Å². The molecule has 0 radical (unpaired) electrons. The molecule has 0 aromatic heterocycles. The Balaban J connectivity index is 1.85. The molecule has 1 fully saturated rings. The van der Waals surface area contributed by atoms with Crippen LogP contribution in [0.5, 0.6) is 0 Å². The Kier molecular flexibility index (Phi) is 4.83. The van der Waals surface area contributed by atoms with E-state index in [2.05, 4.69) is 0 Å². The summed E-state index contributed by atoms with van der Waals surface area (Å²) >= 11 is 0. The molecule has 0 amide bonds. The molecule has 0 aromatic carbocycles. The van der Waals surface area contributed by atoms with Crippen molar-refractivity contribution in [3.05, 3.63) is 0 Å². The summed E-state index contributed by atoms with van der Waals surface area (Å²) in [7, 11) is 2.21. The van der Waals surface area contributed by atoms with Crippen LogP contribution in [0.1, 0.15) is 19.3 Å². The average molecular weight is 190 g/mol. The van der Waals surface area contributed by atoms with E-state index in [9.17, 15) is 0 Å². The Hall–Kier alpha value is 0.0969. The number of unbranched alkanes of at least 4 members (excludes halogenated alkanes) is 1. The minimum Gasteiger partial charge on any atom is -0.400 e. The van der Waals surface area contributed by atoms with E-state index in [-0.39, 0.29) is 0 Å². The SMILES string of the molecule is CO[SiH](CCCCC1CO1)OC. The van der Waals surface area contributed by atoms with Crippen LogP contribution in [0.3, 0.4) is 0 Å². The zero-order valence-corrected chi connectivity index (χ0v) is 9.07. The van der Waals surface area contributed by atoms with Crippen molar-refractivity contribution < 1.29 is 13.6 Å². The summed E-state index contributed by atoms with van der Waals surface area (Å²) < 4.78 is 15.5. The molecule has 0 N–H and O–H groups in total. The largest absolute Gasteiger partial charge is 0.400 e. The Labute approximate surface area is 75.9 Å². The first kappa shape index (κ1) is 10.2. The van der Waals surface area contributed by atoms with Crippen molar-refractivity contribution in [2.24, 2.45) is 0 Å². The maximum atomic E-state index is 5.21. The van der Waals surface area contributed by atoms with Crippen molar-refractivity contribution in [2.45, 2.75) is 31.4 Å². The molecule has 1 rings (SSSR count). The molecule has 0 aliphatic carbocycles. The summed E-state index contributed by atoms with van der Waals surface area (Å²) in [5, 5.41) is 0. The van der Waals surface area contributed by atoms with Gasteiger partial charge in [-0.1, -0.05) is 12.8 Å². The van der Waals surface area contributed by atoms with Crippen LogP contribution in [-0.4, -0.2) is 36.2 Å². The maximum Gasteiger partial charge on any atom is 0.320 e. The summed E-state index contributed by atoms with van der Waals surface area (Å²) in [6.07, 6.45) is 4.27. The Morgan fingerprint density at radius 2 is 2.00 bits per heavy atom. The van der Waals surface area contributed by atoms with E-state index in [0.29, 0.717) is 6.10 Å². The zero-order valence-electron chi connectivity index (χ0n) is 7.91. The van der Waals surface area contributed by atoms with Crippen molar-refractivity contribution >= 4 is 9.28 Å². The van der Waals surface area contributed by atoms with Gasteiger partial charge in [0.1, 0.15) is 0 Å². The van der Waals surface area contributed by atoms with Gasteiger partial charge in [0.15, 0.2) is 0 Å². The highest BCUT2D eigenvalue weighted by molar-refractivity contribution is 6.44. The Morgan fingerprint density at radius 3 is 2.50 bits per heavy atom. The molecule has 0 bridgehead atoms. The molecule has 4 heteroatoms. The van der Waals surface area contributed by atoms with Gasteiger partial charge in [0.2, 0.25) is 0 Å². The van der Waals surface area contributed by atoms with Gasteiger partial charge in [-0.2, -0.15) is 0 Å². The number of hydrogen-bond donors (Lipinski definition) is 0. The molecule has 1 saturated heterocycles. The average Bonchev–Trinajstić information content (AvgIpc) is 2.89. The van der Waals surface area contributed by atoms with Gasteiger partial charge in [-0.05, 0) is 12.5 Å². The molecule has 0 spiro atoms. The molecular weight excluding hydrogens is 172 g/mol. The van der Waals surface area contributed by atoms with E-state index in [0.717, 1.165) is 12.7 Å². The molecule has 1 unspecified atom stereocenters. The van der Waals surface area contributed by atoms with E-state index in [1.807, 2.05) is 0 Å². The predicted molar refractivity (Wildman–Crippen MR) is 49.6 cm³/mol. The van der Waals surface area contributed by atoms with Gasteiger partial charge in [-0.25, -0.2) is 0 Å². The molecule has 1 aliphatic rings. The zero-order chi connectivity index (χ0) is 8.81. The standard InChI is InChI=1S/C8H18O3Si/c1-9-12(10-2)6-4-3-5-8-7-11-8/h8,12H,3-7H2,1-2H3. The number of rotatable bonds is 7. The number of ether oxygens (including phenoxy) is 1. The maximum absolute atomic E-state index is 5.21. The van der Waals surface area contributed by atoms with Crippen LogP contribution in [0, 0.1) is 0 Å². The third-order valence-corrected chi connectivity index (χ3v) is 4.08. The first-order chi connectivity index (χ1) is 5.86. The predicted octanol–water partition coefficient (Wildman–Crippen LogP) is 1.07. The summed E-state index contributed by atoms with van der Waals surface area (Å²) in [4.78, 5) is 0. The fourth-order valence-corrected chi connectivity index (χ4v) is 2.54. The highest BCUT2D eigenvalue weighted by Crippen LogP contribution is 2.17. The topological polar surface area (TPSA) is 31.0 Å². The summed E-state index contributed by atoms with van der Waals surface area (Å²) in [5.41, 5.74) is 0. The third kappa shape index (κ3) is 4.20. The fraction of sp³-hybridized carbons (Fsp3) is 1.00. The molecule has 0 saturated carbocycles. The lowest BCUT2D eigenvalue weighted by molar-refractivity contribution is 0.275. The molecule has 1 atom stereocenters.